The Balaban J connectivity index is 1.70. The predicted molar refractivity (Wildman–Crippen MR) is 127 cm³/mol. The number of aromatic hydroxyl groups is 1. The van der Waals surface area contributed by atoms with E-state index in [9.17, 15) is 18.7 Å². The highest BCUT2D eigenvalue weighted by Crippen LogP contribution is 2.32. The molecule has 4 aromatic rings. The van der Waals surface area contributed by atoms with Crippen LogP contribution >= 0.6 is 0 Å². The van der Waals surface area contributed by atoms with E-state index in [1.54, 1.807) is 36.4 Å². The molecule has 0 fully saturated rings. The number of nitrogens with zero attached hydrogens (tertiary/aromatic N) is 1. The number of carbonyl (C=O) groups is 1. The van der Waals surface area contributed by atoms with Crippen LogP contribution in [0.3, 0.4) is 0 Å². The average Bonchev–Trinajstić information content (AvgIpc) is 2.84. The predicted octanol–water partition coefficient (Wildman–Crippen LogP) is 6.16. The molecule has 0 heterocycles. The second-order valence-electron chi connectivity index (χ2n) is 7.19. The average molecular weight is 462 g/mol. The number of benzene rings is 4. The minimum Gasteiger partial charge on any atom is -0.506 e. The number of aliphatic imine (C=N–C) groups is 1. The summed E-state index contributed by atoms with van der Waals surface area (Å²) >= 11 is 0. The largest absolute Gasteiger partial charge is 0.506 e. The van der Waals surface area contributed by atoms with Crippen LogP contribution in [0.5, 0.6) is 17.2 Å². The number of carbonyl (C=O) groups excluding carboxylic acids is 1. The van der Waals surface area contributed by atoms with Gasteiger partial charge in [-0.05, 0) is 53.2 Å². The number of ether oxygens (including phenoxy) is 2. The maximum Gasteiger partial charge on any atom is 0.387 e. The number of anilines is 1. The van der Waals surface area contributed by atoms with Crippen molar-refractivity contribution in [3.63, 3.8) is 0 Å². The van der Waals surface area contributed by atoms with Gasteiger partial charge < -0.3 is 19.9 Å². The van der Waals surface area contributed by atoms with Crippen LogP contribution in [0.25, 0.3) is 10.8 Å². The fourth-order valence-corrected chi connectivity index (χ4v) is 3.46. The SMILES string of the molecule is COc1ccccc1NC(=O)c1cc2ccccc2c(C=Nc2ccc(OC(F)F)cc2)c1O. The smallest absolute Gasteiger partial charge is 0.387 e. The van der Waals surface area contributed by atoms with Crippen molar-refractivity contribution in [2.45, 2.75) is 6.61 Å². The van der Waals surface area contributed by atoms with E-state index in [0.717, 1.165) is 5.39 Å². The maximum atomic E-state index is 13.1. The Bertz CT molecular complexity index is 1360. The van der Waals surface area contributed by atoms with Gasteiger partial charge in [0.05, 0.1) is 24.0 Å². The third-order valence-electron chi connectivity index (χ3n) is 5.07. The van der Waals surface area contributed by atoms with E-state index < -0.39 is 12.5 Å². The molecule has 0 saturated heterocycles. The Morgan fingerprint density at radius 2 is 1.74 bits per heavy atom. The molecule has 172 valence electrons. The number of para-hydroxylation sites is 2. The lowest BCUT2D eigenvalue weighted by molar-refractivity contribution is -0.0498. The highest BCUT2D eigenvalue weighted by atomic mass is 19.3. The van der Waals surface area contributed by atoms with Crippen LogP contribution in [0.4, 0.5) is 20.2 Å². The summed E-state index contributed by atoms with van der Waals surface area (Å²) in [5.74, 6) is -0.266. The van der Waals surface area contributed by atoms with Gasteiger partial charge in [-0.15, -0.1) is 0 Å². The molecule has 0 aliphatic carbocycles. The van der Waals surface area contributed by atoms with Crippen molar-refractivity contribution >= 4 is 34.3 Å². The van der Waals surface area contributed by atoms with Gasteiger partial charge >= 0.3 is 6.61 Å². The Kier molecular flexibility index (Phi) is 6.68. The molecule has 8 heteroatoms. The minimum absolute atomic E-state index is 0.0113. The maximum absolute atomic E-state index is 13.1. The summed E-state index contributed by atoms with van der Waals surface area (Å²) in [7, 11) is 1.50. The first kappa shape index (κ1) is 22.7. The molecule has 2 N–H and O–H groups in total. The molecule has 0 atom stereocenters. The summed E-state index contributed by atoms with van der Waals surface area (Å²) in [6.07, 6.45) is 1.43. The number of nitrogens with one attached hydrogen (secondary N) is 1. The minimum atomic E-state index is -2.91. The lowest BCUT2D eigenvalue weighted by Crippen LogP contribution is -2.13. The number of alkyl halides is 2. The van der Waals surface area contributed by atoms with Crippen molar-refractivity contribution in [1.82, 2.24) is 0 Å². The van der Waals surface area contributed by atoms with Crippen LogP contribution in [0, 0.1) is 0 Å². The van der Waals surface area contributed by atoms with Crippen LogP contribution in [0.1, 0.15) is 15.9 Å². The molecule has 0 spiro atoms. The first-order valence-electron chi connectivity index (χ1n) is 10.2. The van der Waals surface area contributed by atoms with Crippen LogP contribution in [-0.4, -0.2) is 30.9 Å². The lowest BCUT2D eigenvalue weighted by atomic mass is 9.99. The molecule has 0 aromatic heterocycles. The Morgan fingerprint density at radius 3 is 2.47 bits per heavy atom. The summed E-state index contributed by atoms with van der Waals surface area (Å²) in [5, 5.41) is 15.2. The topological polar surface area (TPSA) is 80.2 Å². The molecule has 0 saturated carbocycles. The van der Waals surface area contributed by atoms with Crippen molar-refractivity contribution in [2.75, 3.05) is 12.4 Å². The van der Waals surface area contributed by atoms with E-state index >= 15 is 0 Å². The van der Waals surface area contributed by atoms with Crippen LogP contribution in [0.15, 0.2) is 83.9 Å². The van der Waals surface area contributed by atoms with Crippen LogP contribution in [0.2, 0.25) is 0 Å². The number of methoxy groups -OCH3 is 1. The first-order chi connectivity index (χ1) is 16.5. The highest BCUT2D eigenvalue weighted by molar-refractivity contribution is 6.13. The molecule has 0 aliphatic heterocycles. The number of fused-ring (bicyclic) bond motifs is 1. The molecular weight excluding hydrogens is 442 g/mol. The van der Waals surface area contributed by atoms with E-state index in [0.29, 0.717) is 28.1 Å². The van der Waals surface area contributed by atoms with Crippen molar-refractivity contribution in [2.24, 2.45) is 4.99 Å². The number of hydrogen-bond acceptors (Lipinski definition) is 5. The molecule has 0 radical (unpaired) electrons. The fourth-order valence-electron chi connectivity index (χ4n) is 3.46. The summed E-state index contributed by atoms with van der Waals surface area (Å²) < 4.78 is 34.3. The normalized spacial score (nSPS) is 11.2. The molecule has 0 unspecified atom stereocenters. The second kappa shape index (κ2) is 9.99. The molecule has 4 rings (SSSR count). The molecule has 34 heavy (non-hydrogen) atoms. The molecule has 0 bridgehead atoms. The van der Waals surface area contributed by atoms with Gasteiger partial charge in [0.2, 0.25) is 0 Å². The standard InChI is InChI=1S/C26H20F2N2O4/c1-33-23-9-5-4-8-22(23)30-25(32)20-14-16-6-2-3-7-19(16)21(24(20)31)15-29-17-10-12-18(13-11-17)34-26(27)28/h2-15,26,31H,1H3,(H,30,32). The van der Waals surface area contributed by atoms with Crippen molar-refractivity contribution in [3.05, 3.63) is 90.0 Å². The molecule has 4 aromatic carbocycles. The summed E-state index contributed by atoms with van der Waals surface area (Å²) in [6, 6.07) is 21.6. The third kappa shape index (κ3) is 4.96. The number of hydrogen-bond donors (Lipinski definition) is 2. The number of rotatable bonds is 7. The number of phenols is 1. The first-order valence-corrected chi connectivity index (χ1v) is 10.2. The third-order valence-corrected chi connectivity index (χ3v) is 5.07. The van der Waals surface area contributed by atoms with E-state index in [2.05, 4.69) is 15.0 Å². The van der Waals surface area contributed by atoms with Crippen LogP contribution in [-0.2, 0) is 0 Å². The second-order valence-corrected chi connectivity index (χ2v) is 7.19. The molecule has 0 aliphatic rings. The summed E-state index contributed by atoms with van der Waals surface area (Å²) in [6.45, 7) is -2.91. The quantitative estimate of drug-likeness (QED) is 0.323. The molecular formula is C26H20F2N2O4. The van der Waals surface area contributed by atoms with Crippen molar-refractivity contribution in [3.8, 4) is 17.2 Å². The molecule has 1 amide bonds. The Labute approximate surface area is 194 Å². The van der Waals surface area contributed by atoms with Gasteiger partial charge in [0.15, 0.2) is 0 Å². The zero-order valence-corrected chi connectivity index (χ0v) is 18.0. The molecule has 6 nitrogen and oxygen atoms in total. The van der Waals surface area contributed by atoms with Gasteiger partial charge in [0.1, 0.15) is 17.2 Å². The highest BCUT2D eigenvalue weighted by Gasteiger charge is 2.18. The zero-order valence-electron chi connectivity index (χ0n) is 18.0. The van der Waals surface area contributed by atoms with E-state index in [4.69, 9.17) is 4.74 Å². The van der Waals surface area contributed by atoms with Crippen LogP contribution < -0.4 is 14.8 Å². The van der Waals surface area contributed by atoms with Gasteiger partial charge in [-0.25, -0.2) is 0 Å². The van der Waals surface area contributed by atoms with Crippen molar-refractivity contribution in [1.29, 1.82) is 0 Å². The van der Waals surface area contributed by atoms with E-state index in [1.807, 2.05) is 18.2 Å². The number of halogens is 2. The Morgan fingerprint density at radius 1 is 1.03 bits per heavy atom. The van der Waals surface area contributed by atoms with E-state index in [-0.39, 0.29) is 17.1 Å². The number of amides is 1. The van der Waals surface area contributed by atoms with Gasteiger partial charge in [-0.3, -0.25) is 9.79 Å². The van der Waals surface area contributed by atoms with Gasteiger partial charge in [-0.1, -0.05) is 36.4 Å². The summed E-state index contributed by atoms with van der Waals surface area (Å²) in [5.41, 5.74) is 1.32. The van der Waals surface area contributed by atoms with Crippen molar-refractivity contribution < 1.29 is 28.2 Å². The number of phenolic OH excluding ortho intramolecular Hbond substituents is 1. The lowest BCUT2D eigenvalue weighted by Gasteiger charge is -2.13. The zero-order chi connectivity index (χ0) is 24.1. The monoisotopic (exact) mass is 462 g/mol. The van der Waals surface area contributed by atoms with Gasteiger partial charge in [-0.2, -0.15) is 8.78 Å². The van der Waals surface area contributed by atoms with Gasteiger partial charge in [0, 0.05) is 11.8 Å². The Hall–Kier alpha value is -4.46. The summed E-state index contributed by atoms with van der Waals surface area (Å²) in [4.78, 5) is 17.4. The fraction of sp³-hybridized carbons (Fsp3) is 0.0769. The van der Waals surface area contributed by atoms with E-state index in [1.165, 1.54) is 37.6 Å². The van der Waals surface area contributed by atoms with Gasteiger partial charge in [0.25, 0.3) is 5.91 Å².